The van der Waals surface area contributed by atoms with E-state index in [4.69, 9.17) is 4.74 Å². The first kappa shape index (κ1) is 19.3. The van der Waals surface area contributed by atoms with Gasteiger partial charge < -0.3 is 20.7 Å². The van der Waals surface area contributed by atoms with Crippen molar-refractivity contribution in [3.8, 4) is 5.75 Å². The summed E-state index contributed by atoms with van der Waals surface area (Å²) < 4.78 is 5.13. The van der Waals surface area contributed by atoms with Gasteiger partial charge in [0.2, 0.25) is 5.91 Å². The molecule has 0 spiro atoms. The summed E-state index contributed by atoms with van der Waals surface area (Å²) in [4.78, 5) is 24.3. The Kier molecular flexibility index (Phi) is 7.02. The Bertz CT molecular complexity index is 761. The van der Waals surface area contributed by atoms with E-state index in [-0.39, 0.29) is 24.4 Å². The van der Waals surface area contributed by atoms with E-state index < -0.39 is 0 Å². The summed E-state index contributed by atoms with van der Waals surface area (Å²) in [5.74, 6) is 0.368. The molecule has 0 saturated carbocycles. The van der Waals surface area contributed by atoms with E-state index in [1.54, 1.807) is 43.5 Å². The van der Waals surface area contributed by atoms with Crippen molar-refractivity contribution >= 4 is 23.2 Å². The van der Waals surface area contributed by atoms with Crippen LogP contribution in [0.3, 0.4) is 0 Å². The Morgan fingerprint density at radius 3 is 2.54 bits per heavy atom. The van der Waals surface area contributed by atoms with Gasteiger partial charge in [-0.25, -0.2) is 0 Å². The van der Waals surface area contributed by atoms with Crippen LogP contribution in [0.15, 0.2) is 48.5 Å². The third-order valence-electron chi connectivity index (χ3n) is 3.92. The van der Waals surface area contributed by atoms with Crippen LogP contribution in [0.1, 0.15) is 30.6 Å². The summed E-state index contributed by atoms with van der Waals surface area (Å²) in [6.07, 6.45) is 0.869. The molecule has 0 aromatic heterocycles. The monoisotopic (exact) mass is 355 g/mol. The molecule has 2 amide bonds. The lowest BCUT2D eigenvalue weighted by atomic mass is 10.1. The highest BCUT2D eigenvalue weighted by atomic mass is 16.5. The number of nitrogens with one attached hydrogen (secondary N) is 3. The van der Waals surface area contributed by atoms with Gasteiger partial charge in [-0.3, -0.25) is 9.59 Å². The third kappa shape index (κ3) is 5.81. The molecular weight excluding hydrogens is 330 g/mol. The molecule has 2 rings (SSSR count). The Balaban J connectivity index is 1.91. The smallest absolute Gasteiger partial charge is 0.251 e. The molecule has 0 radical (unpaired) electrons. The molecule has 2 aromatic rings. The van der Waals surface area contributed by atoms with Gasteiger partial charge in [0.1, 0.15) is 5.75 Å². The van der Waals surface area contributed by atoms with E-state index >= 15 is 0 Å². The first-order valence-corrected chi connectivity index (χ1v) is 8.60. The Hall–Kier alpha value is -3.02. The molecule has 3 N–H and O–H groups in total. The van der Waals surface area contributed by atoms with E-state index in [0.29, 0.717) is 22.7 Å². The lowest BCUT2D eigenvalue weighted by Crippen LogP contribution is -2.31. The molecule has 1 atom stereocenters. The minimum atomic E-state index is -0.187. The second kappa shape index (κ2) is 9.46. The first-order valence-electron chi connectivity index (χ1n) is 8.60. The van der Waals surface area contributed by atoms with Gasteiger partial charge in [0.25, 0.3) is 5.91 Å². The van der Waals surface area contributed by atoms with Crippen LogP contribution < -0.4 is 20.7 Å². The molecule has 2 aromatic carbocycles. The predicted octanol–water partition coefficient (Wildman–Crippen LogP) is 3.27. The number of amides is 2. The number of rotatable bonds is 8. The van der Waals surface area contributed by atoms with Crippen LogP contribution in [0, 0.1) is 0 Å². The minimum Gasteiger partial charge on any atom is -0.497 e. The third-order valence-corrected chi connectivity index (χ3v) is 3.92. The quantitative estimate of drug-likeness (QED) is 0.679. The summed E-state index contributed by atoms with van der Waals surface area (Å²) in [6, 6.07) is 14.4. The van der Waals surface area contributed by atoms with Crippen LogP contribution >= 0.6 is 0 Å². The number of methoxy groups -OCH3 is 1. The normalized spacial score (nSPS) is 11.3. The van der Waals surface area contributed by atoms with Gasteiger partial charge in [-0.2, -0.15) is 0 Å². The highest BCUT2D eigenvalue weighted by molar-refractivity contribution is 5.96. The number of hydrogen-bond acceptors (Lipinski definition) is 4. The zero-order chi connectivity index (χ0) is 18.9. The molecule has 6 nitrogen and oxygen atoms in total. The highest BCUT2D eigenvalue weighted by Gasteiger charge is 2.09. The Labute approximate surface area is 153 Å². The van der Waals surface area contributed by atoms with Gasteiger partial charge in [0.15, 0.2) is 0 Å². The molecule has 0 bridgehead atoms. The largest absolute Gasteiger partial charge is 0.497 e. The summed E-state index contributed by atoms with van der Waals surface area (Å²) >= 11 is 0. The second-order valence-electron chi connectivity index (χ2n) is 6.00. The summed E-state index contributed by atoms with van der Waals surface area (Å²) in [7, 11) is 1.58. The number of benzene rings is 2. The SMILES string of the molecule is CCC(C)NC(=O)c1cccc(NCC(=O)Nc2cccc(OC)c2)c1. The van der Waals surface area contributed by atoms with Crippen LogP contribution in [0.25, 0.3) is 0 Å². The second-order valence-corrected chi connectivity index (χ2v) is 6.00. The van der Waals surface area contributed by atoms with Crippen molar-refractivity contribution in [1.29, 1.82) is 0 Å². The summed E-state index contributed by atoms with van der Waals surface area (Å²) in [5.41, 5.74) is 1.93. The topological polar surface area (TPSA) is 79.5 Å². The maximum Gasteiger partial charge on any atom is 0.251 e. The zero-order valence-corrected chi connectivity index (χ0v) is 15.3. The Morgan fingerprint density at radius 1 is 1.08 bits per heavy atom. The van der Waals surface area contributed by atoms with Crippen molar-refractivity contribution in [3.05, 3.63) is 54.1 Å². The molecule has 138 valence electrons. The van der Waals surface area contributed by atoms with E-state index in [2.05, 4.69) is 16.0 Å². The van der Waals surface area contributed by atoms with Crippen molar-refractivity contribution in [1.82, 2.24) is 5.32 Å². The van der Waals surface area contributed by atoms with Crippen LogP contribution in [0.4, 0.5) is 11.4 Å². The lowest BCUT2D eigenvalue weighted by Gasteiger charge is -2.13. The number of carbonyl (C=O) groups is 2. The van der Waals surface area contributed by atoms with E-state index in [1.807, 2.05) is 26.0 Å². The average molecular weight is 355 g/mol. The van der Waals surface area contributed by atoms with Crippen molar-refractivity contribution in [2.75, 3.05) is 24.3 Å². The fourth-order valence-electron chi connectivity index (χ4n) is 2.27. The van der Waals surface area contributed by atoms with Crippen molar-refractivity contribution in [2.45, 2.75) is 26.3 Å². The van der Waals surface area contributed by atoms with Crippen molar-refractivity contribution in [2.24, 2.45) is 0 Å². The fraction of sp³-hybridized carbons (Fsp3) is 0.300. The number of anilines is 2. The summed E-state index contributed by atoms with van der Waals surface area (Å²) in [5, 5.41) is 8.75. The van der Waals surface area contributed by atoms with Gasteiger partial charge >= 0.3 is 0 Å². The zero-order valence-electron chi connectivity index (χ0n) is 15.3. The van der Waals surface area contributed by atoms with E-state index in [0.717, 1.165) is 6.42 Å². The van der Waals surface area contributed by atoms with Crippen LogP contribution in [0.2, 0.25) is 0 Å². The predicted molar refractivity (Wildman–Crippen MR) is 104 cm³/mol. The van der Waals surface area contributed by atoms with Crippen LogP contribution in [0.5, 0.6) is 5.75 Å². The molecule has 26 heavy (non-hydrogen) atoms. The van der Waals surface area contributed by atoms with E-state index in [1.165, 1.54) is 0 Å². The lowest BCUT2D eigenvalue weighted by molar-refractivity contribution is -0.114. The first-order chi connectivity index (χ1) is 12.5. The molecule has 1 unspecified atom stereocenters. The van der Waals surface area contributed by atoms with Crippen LogP contribution in [-0.4, -0.2) is 31.5 Å². The van der Waals surface area contributed by atoms with Gasteiger partial charge in [0, 0.05) is 29.0 Å². The van der Waals surface area contributed by atoms with Crippen molar-refractivity contribution < 1.29 is 14.3 Å². The summed E-state index contributed by atoms with van der Waals surface area (Å²) in [6.45, 7) is 4.07. The minimum absolute atomic E-state index is 0.0909. The molecular formula is C20H25N3O3. The number of ether oxygens (including phenoxy) is 1. The highest BCUT2D eigenvalue weighted by Crippen LogP contribution is 2.16. The average Bonchev–Trinajstić information content (AvgIpc) is 2.66. The van der Waals surface area contributed by atoms with Gasteiger partial charge in [-0.05, 0) is 43.7 Å². The molecule has 0 fully saturated rings. The van der Waals surface area contributed by atoms with Crippen molar-refractivity contribution in [3.63, 3.8) is 0 Å². The van der Waals surface area contributed by atoms with Crippen LogP contribution in [-0.2, 0) is 4.79 Å². The molecule has 0 saturated heterocycles. The molecule has 0 aliphatic heterocycles. The molecule has 6 heteroatoms. The Morgan fingerprint density at radius 2 is 1.81 bits per heavy atom. The fourth-order valence-corrected chi connectivity index (χ4v) is 2.27. The maximum atomic E-state index is 12.2. The molecule has 0 heterocycles. The molecule has 0 aliphatic rings. The number of hydrogen-bond donors (Lipinski definition) is 3. The van der Waals surface area contributed by atoms with Gasteiger partial charge in [-0.15, -0.1) is 0 Å². The molecule has 0 aliphatic carbocycles. The van der Waals surface area contributed by atoms with Gasteiger partial charge in [-0.1, -0.05) is 19.1 Å². The van der Waals surface area contributed by atoms with Gasteiger partial charge in [0.05, 0.1) is 13.7 Å². The standard InChI is InChI=1S/C20H25N3O3/c1-4-14(2)22-20(25)15-7-5-8-16(11-15)21-13-19(24)23-17-9-6-10-18(12-17)26-3/h5-12,14,21H,4,13H2,1-3H3,(H,22,25)(H,23,24). The van der Waals surface area contributed by atoms with E-state index in [9.17, 15) is 9.59 Å². The number of carbonyl (C=O) groups excluding carboxylic acids is 2. The maximum absolute atomic E-state index is 12.2.